The molecule has 1 aromatic rings. The summed E-state index contributed by atoms with van der Waals surface area (Å²) in [6, 6.07) is -0.480. The van der Waals surface area contributed by atoms with Crippen LogP contribution in [0.4, 0.5) is 13.2 Å². The molecule has 0 spiro atoms. The molecule has 0 fully saturated rings. The second kappa shape index (κ2) is 5.90. The first kappa shape index (κ1) is 15.3. The highest BCUT2D eigenvalue weighted by atomic mass is 35.5. The number of hydrazine groups is 1. The molecule has 0 aliphatic carbocycles. The van der Waals surface area contributed by atoms with Crippen LogP contribution in [0.5, 0.6) is 0 Å². The summed E-state index contributed by atoms with van der Waals surface area (Å²) in [6.45, 7) is 1.76. The fraction of sp³-hybridized carbons (Fsp3) is 0.700. The van der Waals surface area contributed by atoms with Gasteiger partial charge in [-0.2, -0.15) is 18.3 Å². The number of alkyl halides is 3. The first-order valence-electron chi connectivity index (χ1n) is 5.45. The molecule has 0 saturated heterocycles. The van der Waals surface area contributed by atoms with Crippen LogP contribution in [0.3, 0.4) is 0 Å². The predicted octanol–water partition coefficient (Wildman–Crippen LogP) is 2.10. The maximum absolute atomic E-state index is 12.1. The lowest BCUT2D eigenvalue weighted by Crippen LogP contribution is -2.37. The van der Waals surface area contributed by atoms with Crippen LogP contribution in [0.2, 0.25) is 5.15 Å². The summed E-state index contributed by atoms with van der Waals surface area (Å²) in [5.74, 6) is 5.27. The molecule has 0 bridgehead atoms. The molecule has 0 aromatic carbocycles. The van der Waals surface area contributed by atoms with Crippen molar-refractivity contribution in [3.05, 3.63) is 16.4 Å². The van der Waals surface area contributed by atoms with Crippen molar-refractivity contribution in [1.29, 1.82) is 0 Å². The molecule has 1 aromatic heterocycles. The van der Waals surface area contributed by atoms with E-state index in [4.69, 9.17) is 17.4 Å². The fourth-order valence-electron chi connectivity index (χ4n) is 1.73. The van der Waals surface area contributed by atoms with E-state index < -0.39 is 18.6 Å². The number of aromatic nitrogens is 2. The molecule has 104 valence electrons. The summed E-state index contributed by atoms with van der Waals surface area (Å²) < 4.78 is 37.9. The smallest absolute Gasteiger partial charge is 0.271 e. The van der Waals surface area contributed by atoms with Crippen molar-refractivity contribution in [3.63, 3.8) is 0 Å². The number of nitrogens with two attached hydrogens (primary N) is 1. The molecule has 18 heavy (non-hydrogen) atoms. The lowest BCUT2D eigenvalue weighted by atomic mass is 10.0. The molecule has 0 radical (unpaired) electrons. The Kier molecular flexibility index (Phi) is 5.01. The highest BCUT2D eigenvalue weighted by Gasteiger charge is 2.28. The number of hydrogen-bond acceptors (Lipinski definition) is 3. The van der Waals surface area contributed by atoms with Crippen LogP contribution in [0.1, 0.15) is 24.1 Å². The Bertz CT molecular complexity index is 403. The van der Waals surface area contributed by atoms with Crippen LogP contribution in [-0.4, -0.2) is 22.0 Å². The van der Waals surface area contributed by atoms with Gasteiger partial charge >= 0.3 is 6.18 Å². The van der Waals surface area contributed by atoms with Crippen LogP contribution in [0, 0.1) is 6.92 Å². The molecule has 1 rings (SSSR count). The summed E-state index contributed by atoms with van der Waals surface area (Å²) in [6.07, 6.45) is -4.82. The van der Waals surface area contributed by atoms with Gasteiger partial charge in [0, 0.05) is 25.1 Å². The Morgan fingerprint density at radius 3 is 2.50 bits per heavy atom. The minimum absolute atomic E-state index is 0.0926. The van der Waals surface area contributed by atoms with Crippen LogP contribution < -0.4 is 11.3 Å². The average Bonchev–Trinajstić information content (AvgIpc) is 2.48. The molecule has 4 nitrogen and oxygen atoms in total. The third-order valence-electron chi connectivity index (χ3n) is 2.73. The monoisotopic (exact) mass is 284 g/mol. The van der Waals surface area contributed by atoms with Gasteiger partial charge in [-0.1, -0.05) is 11.6 Å². The van der Waals surface area contributed by atoms with Crippen molar-refractivity contribution < 1.29 is 13.2 Å². The molecular weight excluding hydrogens is 269 g/mol. The number of nitrogens with zero attached hydrogens (tertiary/aromatic N) is 2. The van der Waals surface area contributed by atoms with E-state index in [1.165, 1.54) is 4.68 Å². The van der Waals surface area contributed by atoms with Crippen LogP contribution >= 0.6 is 11.6 Å². The van der Waals surface area contributed by atoms with Crippen molar-refractivity contribution in [2.45, 2.75) is 38.4 Å². The van der Waals surface area contributed by atoms with E-state index in [9.17, 15) is 13.2 Å². The van der Waals surface area contributed by atoms with Gasteiger partial charge in [0.05, 0.1) is 5.69 Å². The van der Waals surface area contributed by atoms with Crippen LogP contribution in [-0.2, 0) is 13.5 Å². The number of hydrogen-bond donors (Lipinski definition) is 2. The highest BCUT2D eigenvalue weighted by molar-refractivity contribution is 6.30. The average molecular weight is 285 g/mol. The summed E-state index contributed by atoms with van der Waals surface area (Å²) in [5, 5.41) is 4.53. The van der Waals surface area contributed by atoms with Gasteiger partial charge in [-0.25, -0.2) is 0 Å². The minimum atomic E-state index is -4.18. The zero-order valence-electron chi connectivity index (χ0n) is 10.2. The lowest BCUT2D eigenvalue weighted by Gasteiger charge is -2.16. The van der Waals surface area contributed by atoms with Gasteiger partial charge in [-0.3, -0.25) is 16.0 Å². The molecule has 1 unspecified atom stereocenters. The van der Waals surface area contributed by atoms with Crippen molar-refractivity contribution in [3.8, 4) is 0 Å². The Morgan fingerprint density at radius 1 is 1.50 bits per heavy atom. The van der Waals surface area contributed by atoms with E-state index in [1.807, 2.05) is 0 Å². The SMILES string of the molecule is Cc1nn(C)c(Cl)c1CC(CCC(F)(F)F)NN. The molecule has 0 saturated carbocycles. The van der Waals surface area contributed by atoms with Gasteiger partial charge < -0.3 is 0 Å². The van der Waals surface area contributed by atoms with E-state index in [2.05, 4.69) is 10.5 Å². The van der Waals surface area contributed by atoms with E-state index in [1.54, 1.807) is 14.0 Å². The molecule has 3 N–H and O–H groups in total. The largest absolute Gasteiger partial charge is 0.389 e. The molecule has 1 heterocycles. The second-order valence-electron chi connectivity index (χ2n) is 4.20. The number of rotatable bonds is 5. The van der Waals surface area contributed by atoms with Crippen molar-refractivity contribution in [2.24, 2.45) is 12.9 Å². The Hall–Kier alpha value is -0.790. The molecule has 8 heteroatoms. The summed E-state index contributed by atoms with van der Waals surface area (Å²) in [4.78, 5) is 0. The summed E-state index contributed by atoms with van der Waals surface area (Å²) in [7, 11) is 1.68. The zero-order chi connectivity index (χ0) is 13.9. The number of nitrogens with one attached hydrogen (secondary N) is 1. The highest BCUT2D eigenvalue weighted by Crippen LogP contribution is 2.25. The molecule has 1 atom stereocenters. The van der Waals surface area contributed by atoms with Gasteiger partial charge in [-0.15, -0.1) is 0 Å². The van der Waals surface area contributed by atoms with Crippen molar-refractivity contribution in [1.82, 2.24) is 15.2 Å². The minimum Gasteiger partial charge on any atom is -0.271 e. The lowest BCUT2D eigenvalue weighted by molar-refractivity contribution is -0.136. The molecule has 0 aliphatic rings. The van der Waals surface area contributed by atoms with Gasteiger partial charge in [0.2, 0.25) is 0 Å². The Balaban J connectivity index is 2.68. The van der Waals surface area contributed by atoms with Crippen LogP contribution in [0.15, 0.2) is 0 Å². The van der Waals surface area contributed by atoms with E-state index in [0.29, 0.717) is 17.3 Å². The van der Waals surface area contributed by atoms with E-state index >= 15 is 0 Å². The van der Waals surface area contributed by atoms with Crippen LogP contribution in [0.25, 0.3) is 0 Å². The van der Waals surface area contributed by atoms with Gasteiger partial charge in [0.15, 0.2) is 0 Å². The molecular formula is C10H16ClF3N4. The van der Waals surface area contributed by atoms with Gasteiger partial charge in [0.1, 0.15) is 5.15 Å². The summed E-state index contributed by atoms with van der Waals surface area (Å²) >= 11 is 6.01. The topological polar surface area (TPSA) is 55.9 Å². The van der Waals surface area contributed by atoms with Gasteiger partial charge in [-0.05, 0) is 19.8 Å². The van der Waals surface area contributed by atoms with Crippen molar-refractivity contribution in [2.75, 3.05) is 0 Å². The normalized spacial score (nSPS) is 13.9. The Morgan fingerprint density at radius 2 is 2.11 bits per heavy atom. The predicted molar refractivity (Wildman–Crippen MR) is 63.1 cm³/mol. The Labute approximate surface area is 108 Å². The molecule has 0 aliphatic heterocycles. The maximum atomic E-state index is 12.1. The van der Waals surface area contributed by atoms with Gasteiger partial charge in [0.25, 0.3) is 0 Å². The first-order chi connectivity index (χ1) is 8.24. The quantitative estimate of drug-likeness (QED) is 0.643. The third-order valence-corrected chi connectivity index (χ3v) is 3.21. The second-order valence-corrected chi connectivity index (χ2v) is 4.56. The van der Waals surface area contributed by atoms with E-state index in [-0.39, 0.29) is 6.42 Å². The number of halogens is 4. The fourth-order valence-corrected chi connectivity index (χ4v) is 1.99. The summed E-state index contributed by atoms with van der Waals surface area (Å²) in [5.41, 5.74) is 3.82. The first-order valence-corrected chi connectivity index (χ1v) is 5.83. The zero-order valence-corrected chi connectivity index (χ0v) is 10.9. The number of aryl methyl sites for hydroxylation is 2. The third kappa shape index (κ3) is 4.15. The van der Waals surface area contributed by atoms with E-state index in [0.717, 1.165) is 5.56 Å². The maximum Gasteiger partial charge on any atom is 0.389 e. The molecule has 0 amide bonds. The standard InChI is InChI=1S/C10H16ClF3N4/c1-6-8(9(11)18(2)17-6)5-7(16-15)3-4-10(12,13)14/h7,16H,3-5,15H2,1-2H3. The van der Waals surface area contributed by atoms with Crippen molar-refractivity contribution >= 4 is 11.6 Å².